The topological polar surface area (TPSA) is 97.1 Å². The molecule has 0 spiro atoms. The van der Waals surface area contributed by atoms with Crippen molar-refractivity contribution in [2.45, 2.75) is 46.0 Å². The molecule has 176 valence electrons. The van der Waals surface area contributed by atoms with E-state index in [1.54, 1.807) is 27.0 Å². The summed E-state index contributed by atoms with van der Waals surface area (Å²) in [6.45, 7) is 8.10. The fourth-order valence-electron chi connectivity index (χ4n) is 3.94. The summed E-state index contributed by atoms with van der Waals surface area (Å²) in [5.74, 6) is -0.195. The number of carbonyl (C=O) groups is 2. The van der Waals surface area contributed by atoms with Crippen molar-refractivity contribution in [1.29, 1.82) is 0 Å². The second-order valence-electron chi connectivity index (χ2n) is 8.03. The maximum atomic E-state index is 12.7. The summed E-state index contributed by atoms with van der Waals surface area (Å²) in [4.78, 5) is 25.1. The highest BCUT2D eigenvalue weighted by molar-refractivity contribution is 5.93. The molecule has 1 unspecified atom stereocenters. The SMILES string of the molecule is CCOC(=O)CC1C(C(=O)OCC)=C(N)Oc2ccc(-c3ccc(C(C)C)cc3OC)cc21. The van der Waals surface area contributed by atoms with Gasteiger partial charge in [0, 0.05) is 17.0 Å². The van der Waals surface area contributed by atoms with Crippen molar-refractivity contribution in [2.24, 2.45) is 5.73 Å². The van der Waals surface area contributed by atoms with Crippen molar-refractivity contribution >= 4 is 11.9 Å². The van der Waals surface area contributed by atoms with Crippen molar-refractivity contribution in [3.8, 4) is 22.6 Å². The van der Waals surface area contributed by atoms with Gasteiger partial charge < -0.3 is 24.7 Å². The van der Waals surface area contributed by atoms with Gasteiger partial charge in [0.1, 0.15) is 17.1 Å². The monoisotopic (exact) mass is 453 g/mol. The molecule has 0 bridgehead atoms. The Hall–Kier alpha value is -3.48. The summed E-state index contributed by atoms with van der Waals surface area (Å²) in [5, 5.41) is 0. The Labute approximate surface area is 194 Å². The summed E-state index contributed by atoms with van der Waals surface area (Å²) in [6, 6.07) is 11.7. The summed E-state index contributed by atoms with van der Waals surface area (Å²) >= 11 is 0. The fraction of sp³-hybridized carbons (Fsp3) is 0.385. The second-order valence-corrected chi connectivity index (χ2v) is 8.03. The van der Waals surface area contributed by atoms with Crippen LogP contribution < -0.4 is 15.2 Å². The zero-order chi connectivity index (χ0) is 24.1. The van der Waals surface area contributed by atoms with E-state index in [0.717, 1.165) is 22.4 Å². The van der Waals surface area contributed by atoms with Crippen LogP contribution in [-0.4, -0.2) is 32.3 Å². The fourth-order valence-corrected chi connectivity index (χ4v) is 3.94. The minimum Gasteiger partial charge on any atom is -0.496 e. The first kappa shape index (κ1) is 24.2. The predicted octanol–water partition coefficient (Wildman–Crippen LogP) is 4.65. The van der Waals surface area contributed by atoms with Crippen LogP contribution in [0.25, 0.3) is 11.1 Å². The summed E-state index contributed by atoms with van der Waals surface area (Å²) in [6.07, 6.45) is -0.0636. The van der Waals surface area contributed by atoms with Gasteiger partial charge in [-0.2, -0.15) is 0 Å². The number of carbonyl (C=O) groups excluding carboxylic acids is 2. The Morgan fingerprint density at radius 1 is 1.06 bits per heavy atom. The summed E-state index contributed by atoms with van der Waals surface area (Å²) in [5.41, 5.74) is 9.79. The zero-order valence-electron chi connectivity index (χ0n) is 19.8. The van der Waals surface area contributed by atoms with Crippen LogP contribution in [0.1, 0.15) is 57.1 Å². The van der Waals surface area contributed by atoms with Crippen molar-refractivity contribution in [3.05, 3.63) is 59.0 Å². The molecule has 7 heteroatoms. The molecule has 2 aromatic carbocycles. The molecule has 0 fully saturated rings. The molecule has 7 nitrogen and oxygen atoms in total. The molecule has 1 heterocycles. The number of methoxy groups -OCH3 is 1. The predicted molar refractivity (Wildman–Crippen MR) is 125 cm³/mol. The molecule has 1 aliphatic rings. The number of hydrogen-bond donors (Lipinski definition) is 1. The molecule has 3 rings (SSSR count). The van der Waals surface area contributed by atoms with E-state index in [0.29, 0.717) is 17.2 Å². The number of ether oxygens (including phenoxy) is 4. The number of esters is 2. The van der Waals surface area contributed by atoms with E-state index in [4.69, 9.17) is 24.7 Å². The van der Waals surface area contributed by atoms with Gasteiger partial charge in [0.15, 0.2) is 0 Å². The molecule has 1 atom stereocenters. The van der Waals surface area contributed by atoms with Gasteiger partial charge >= 0.3 is 11.9 Å². The van der Waals surface area contributed by atoms with Crippen molar-refractivity contribution in [1.82, 2.24) is 0 Å². The molecular weight excluding hydrogens is 422 g/mol. The minimum atomic E-state index is -0.660. The molecule has 33 heavy (non-hydrogen) atoms. The van der Waals surface area contributed by atoms with Crippen LogP contribution in [0.15, 0.2) is 47.9 Å². The first-order valence-corrected chi connectivity index (χ1v) is 11.1. The number of rotatable bonds is 8. The van der Waals surface area contributed by atoms with Gasteiger partial charge in [-0.3, -0.25) is 4.79 Å². The summed E-state index contributed by atoms with van der Waals surface area (Å²) in [7, 11) is 1.64. The number of fused-ring (bicyclic) bond motifs is 1. The van der Waals surface area contributed by atoms with E-state index >= 15 is 0 Å². The molecule has 0 saturated heterocycles. The third kappa shape index (κ3) is 5.13. The average Bonchev–Trinajstić information content (AvgIpc) is 2.78. The third-order valence-corrected chi connectivity index (χ3v) is 5.59. The maximum Gasteiger partial charge on any atom is 0.340 e. The Bertz CT molecular complexity index is 1070. The Balaban J connectivity index is 2.11. The largest absolute Gasteiger partial charge is 0.496 e. The highest BCUT2D eigenvalue weighted by Gasteiger charge is 2.36. The molecule has 1 aliphatic heterocycles. The zero-order valence-corrected chi connectivity index (χ0v) is 19.8. The average molecular weight is 454 g/mol. The Kier molecular flexibility index (Phi) is 7.63. The molecule has 0 amide bonds. The molecule has 0 aliphatic carbocycles. The van der Waals surface area contributed by atoms with Crippen molar-refractivity contribution in [3.63, 3.8) is 0 Å². The Morgan fingerprint density at radius 3 is 2.42 bits per heavy atom. The summed E-state index contributed by atoms with van der Waals surface area (Å²) < 4.78 is 21.8. The van der Waals surface area contributed by atoms with Crippen LogP contribution >= 0.6 is 0 Å². The van der Waals surface area contributed by atoms with Crippen molar-refractivity contribution in [2.75, 3.05) is 20.3 Å². The highest BCUT2D eigenvalue weighted by Crippen LogP contribution is 2.44. The normalized spacial score (nSPS) is 15.0. The lowest BCUT2D eigenvalue weighted by molar-refractivity contribution is -0.143. The lowest BCUT2D eigenvalue weighted by Gasteiger charge is -2.28. The Morgan fingerprint density at radius 2 is 1.79 bits per heavy atom. The van der Waals surface area contributed by atoms with Crippen LogP contribution in [0.2, 0.25) is 0 Å². The van der Waals surface area contributed by atoms with Gasteiger partial charge in [-0.15, -0.1) is 0 Å². The highest BCUT2D eigenvalue weighted by atomic mass is 16.5. The number of hydrogen-bond acceptors (Lipinski definition) is 7. The molecule has 0 radical (unpaired) electrons. The van der Waals surface area contributed by atoms with Crippen LogP contribution in [0, 0.1) is 0 Å². The smallest absolute Gasteiger partial charge is 0.340 e. The van der Waals surface area contributed by atoms with Crippen LogP contribution in [0.4, 0.5) is 0 Å². The lowest BCUT2D eigenvalue weighted by atomic mass is 9.84. The van der Waals surface area contributed by atoms with Crippen LogP contribution in [0.3, 0.4) is 0 Å². The van der Waals surface area contributed by atoms with Gasteiger partial charge in [0.05, 0.1) is 26.7 Å². The van der Waals surface area contributed by atoms with Crippen molar-refractivity contribution < 1.29 is 28.5 Å². The van der Waals surface area contributed by atoms with E-state index in [2.05, 4.69) is 19.9 Å². The number of nitrogens with two attached hydrogens (primary N) is 1. The lowest BCUT2D eigenvalue weighted by Crippen LogP contribution is -2.28. The first-order valence-electron chi connectivity index (χ1n) is 11.1. The van der Waals surface area contributed by atoms with E-state index in [1.165, 1.54) is 0 Å². The molecular formula is C26H31NO6. The minimum absolute atomic E-state index is 0.0636. The van der Waals surface area contributed by atoms with Crippen LogP contribution in [0.5, 0.6) is 11.5 Å². The van der Waals surface area contributed by atoms with Gasteiger partial charge in [0.25, 0.3) is 0 Å². The molecule has 2 N–H and O–H groups in total. The van der Waals surface area contributed by atoms with Gasteiger partial charge in [-0.1, -0.05) is 32.0 Å². The van der Waals surface area contributed by atoms with Gasteiger partial charge in [0.2, 0.25) is 5.88 Å². The van der Waals surface area contributed by atoms with E-state index < -0.39 is 17.9 Å². The van der Waals surface area contributed by atoms with E-state index in [-0.39, 0.29) is 31.1 Å². The van der Waals surface area contributed by atoms with Crippen LogP contribution in [-0.2, 0) is 19.1 Å². The second kappa shape index (κ2) is 10.4. The van der Waals surface area contributed by atoms with Gasteiger partial charge in [-0.05, 0) is 49.1 Å². The molecule has 2 aromatic rings. The van der Waals surface area contributed by atoms with E-state index in [1.807, 2.05) is 24.3 Å². The number of benzene rings is 2. The third-order valence-electron chi connectivity index (χ3n) is 5.59. The first-order chi connectivity index (χ1) is 15.8. The maximum absolute atomic E-state index is 12.7. The van der Waals surface area contributed by atoms with E-state index in [9.17, 15) is 9.59 Å². The quantitative estimate of drug-likeness (QED) is 0.581. The standard InChI is InChI=1S/C26H31NO6/c1-6-31-23(28)14-20-19-12-17(18-10-8-16(15(3)4)13-22(18)30-5)9-11-21(19)33-25(27)24(20)26(29)32-7-2/h8-13,15,20H,6-7,14,27H2,1-5H3. The van der Waals surface area contributed by atoms with Gasteiger partial charge in [-0.25, -0.2) is 4.79 Å². The molecule has 0 aromatic heterocycles. The molecule has 0 saturated carbocycles.